The van der Waals surface area contributed by atoms with Crippen LogP contribution in [-0.4, -0.2) is 10.5 Å². The third kappa shape index (κ3) is 3.85. The molecule has 0 aromatic heterocycles. The van der Waals surface area contributed by atoms with Gasteiger partial charge in [0.05, 0.1) is 18.1 Å². The Morgan fingerprint density at radius 2 is 1.86 bits per heavy atom. The quantitative estimate of drug-likeness (QED) is 0.361. The minimum absolute atomic E-state index is 0.166. The monoisotopic (exact) mass is 377 g/mol. The number of hydrogen-bond acceptors (Lipinski definition) is 4. The Bertz CT molecular complexity index is 869. The lowest BCUT2D eigenvalue weighted by molar-refractivity contribution is -0.579. The summed E-state index contributed by atoms with van der Waals surface area (Å²) in [5.74, 6) is -0.829. The van der Waals surface area contributed by atoms with E-state index >= 15 is 0 Å². The zero-order chi connectivity index (χ0) is 20.9. The van der Waals surface area contributed by atoms with Crippen LogP contribution >= 0.6 is 0 Å². The molecule has 0 amide bonds. The highest BCUT2D eigenvalue weighted by molar-refractivity contribution is 5.37. The van der Waals surface area contributed by atoms with Crippen LogP contribution in [0.2, 0.25) is 0 Å². The average Bonchev–Trinajstić information content (AvgIpc) is 2.68. The minimum Gasteiger partial charge on any atom is -0.264 e. The fourth-order valence-corrected chi connectivity index (χ4v) is 4.25. The molecule has 1 aromatic rings. The predicted molar refractivity (Wildman–Crippen MR) is 109 cm³/mol. The summed E-state index contributed by atoms with van der Waals surface area (Å²) in [5, 5.41) is 32.8. The van der Waals surface area contributed by atoms with E-state index in [2.05, 4.69) is 12.1 Å². The van der Waals surface area contributed by atoms with Crippen molar-refractivity contribution in [3.05, 3.63) is 68.8 Å². The molecule has 0 spiro atoms. The van der Waals surface area contributed by atoms with E-state index in [1.165, 1.54) is 0 Å². The van der Waals surface area contributed by atoms with E-state index in [0.29, 0.717) is 18.4 Å². The Kier molecular flexibility index (Phi) is 6.41. The van der Waals surface area contributed by atoms with Crippen LogP contribution < -0.4 is 0 Å². The molecule has 0 fully saturated rings. The first-order valence-electron chi connectivity index (χ1n) is 9.53. The number of hydrogen-bond donors (Lipinski definition) is 0. The molecule has 0 heterocycles. The molecule has 0 aliphatic heterocycles. The molecule has 1 aliphatic carbocycles. The van der Waals surface area contributed by atoms with Gasteiger partial charge in [-0.15, -0.1) is 0 Å². The van der Waals surface area contributed by atoms with Crippen molar-refractivity contribution in [2.75, 3.05) is 0 Å². The molecule has 5 nitrogen and oxygen atoms in total. The van der Waals surface area contributed by atoms with E-state index < -0.39 is 16.9 Å². The molecule has 2 rings (SSSR count). The van der Waals surface area contributed by atoms with Crippen LogP contribution in [0.4, 0.5) is 0 Å². The first-order chi connectivity index (χ1) is 13.2. The van der Waals surface area contributed by atoms with Crippen LogP contribution in [0.1, 0.15) is 64.9 Å². The van der Waals surface area contributed by atoms with E-state index in [9.17, 15) is 20.6 Å². The van der Waals surface area contributed by atoms with Crippen LogP contribution in [0.25, 0.3) is 0 Å². The van der Waals surface area contributed by atoms with Gasteiger partial charge in [-0.25, -0.2) is 0 Å². The lowest BCUT2D eigenvalue weighted by Crippen LogP contribution is -2.52. The highest BCUT2D eigenvalue weighted by atomic mass is 16.6. The van der Waals surface area contributed by atoms with Gasteiger partial charge >= 0.3 is 0 Å². The van der Waals surface area contributed by atoms with Gasteiger partial charge in [0.1, 0.15) is 0 Å². The second kappa shape index (κ2) is 8.40. The van der Waals surface area contributed by atoms with Gasteiger partial charge < -0.3 is 0 Å². The van der Waals surface area contributed by atoms with Crippen molar-refractivity contribution in [1.82, 2.24) is 0 Å². The zero-order valence-electron chi connectivity index (χ0n) is 17.0. The van der Waals surface area contributed by atoms with Crippen molar-refractivity contribution >= 4 is 0 Å². The molecule has 1 aliphatic rings. The summed E-state index contributed by atoms with van der Waals surface area (Å²) >= 11 is 0. The lowest BCUT2D eigenvalue weighted by atomic mass is 9.58. The first kappa shape index (κ1) is 21.4. The largest absolute Gasteiger partial charge is 0.264 e. The third-order valence-corrected chi connectivity index (χ3v) is 5.99. The molecule has 28 heavy (non-hydrogen) atoms. The Hall–Kier alpha value is -2.92. The van der Waals surface area contributed by atoms with E-state index in [1.54, 1.807) is 0 Å². The van der Waals surface area contributed by atoms with Crippen molar-refractivity contribution < 1.29 is 4.92 Å². The standard InChI is InChI=1S/C23H27N3O2/c1-17(2)10-12-22(15-24,16-25)21(20-8-6-5-7-9-20)23(26(27)28)13-11-18(3)19(4)14-23/h5-10,21H,11-14H2,1-4H3. The summed E-state index contributed by atoms with van der Waals surface area (Å²) in [6.45, 7) is 7.72. The van der Waals surface area contributed by atoms with Gasteiger partial charge in [0.15, 0.2) is 5.41 Å². The van der Waals surface area contributed by atoms with E-state index in [0.717, 1.165) is 16.7 Å². The molecule has 2 unspecified atom stereocenters. The number of benzene rings is 1. The molecule has 0 saturated heterocycles. The zero-order valence-corrected chi connectivity index (χ0v) is 17.0. The second-order valence-electron chi connectivity index (χ2n) is 8.12. The summed E-state index contributed by atoms with van der Waals surface area (Å²) in [6, 6.07) is 13.5. The molecule has 5 heteroatoms. The highest BCUT2D eigenvalue weighted by Gasteiger charge is 2.61. The third-order valence-electron chi connectivity index (χ3n) is 5.99. The van der Waals surface area contributed by atoms with Crippen LogP contribution in [-0.2, 0) is 0 Å². The summed E-state index contributed by atoms with van der Waals surface area (Å²) in [5.41, 5.74) is 0.900. The van der Waals surface area contributed by atoms with E-state index in [4.69, 9.17) is 0 Å². The van der Waals surface area contributed by atoms with Crippen molar-refractivity contribution in [1.29, 1.82) is 10.5 Å². The van der Waals surface area contributed by atoms with E-state index in [-0.39, 0.29) is 17.8 Å². The molecule has 2 atom stereocenters. The molecule has 0 radical (unpaired) electrons. The molecule has 0 saturated carbocycles. The Labute approximate surface area is 167 Å². The maximum Gasteiger partial charge on any atom is 0.235 e. The molecule has 0 bridgehead atoms. The van der Waals surface area contributed by atoms with Gasteiger partial charge in [0.2, 0.25) is 5.54 Å². The fourth-order valence-electron chi connectivity index (χ4n) is 4.25. The summed E-state index contributed by atoms with van der Waals surface area (Å²) in [7, 11) is 0. The van der Waals surface area contributed by atoms with Crippen molar-refractivity contribution in [2.24, 2.45) is 5.41 Å². The van der Waals surface area contributed by atoms with Crippen LogP contribution in [0.5, 0.6) is 0 Å². The first-order valence-corrected chi connectivity index (χ1v) is 9.53. The van der Waals surface area contributed by atoms with Gasteiger partial charge in [-0.2, -0.15) is 10.5 Å². The molecule has 146 valence electrons. The van der Waals surface area contributed by atoms with Gasteiger partial charge in [-0.1, -0.05) is 53.1 Å². The maximum atomic E-state index is 12.5. The Balaban J connectivity index is 2.79. The van der Waals surface area contributed by atoms with Crippen LogP contribution in [0.3, 0.4) is 0 Å². The van der Waals surface area contributed by atoms with Gasteiger partial charge in [-0.3, -0.25) is 10.1 Å². The number of rotatable bonds is 6. The predicted octanol–water partition coefficient (Wildman–Crippen LogP) is 5.70. The second-order valence-corrected chi connectivity index (χ2v) is 8.12. The Morgan fingerprint density at radius 3 is 2.32 bits per heavy atom. The Morgan fingerprint density at radius 1 is 1.25 bits per heavy atom. The lowest BCUT2D eigenvalue weighted by Gasteiger charge is -2.41. The minimum atomic E-state index is -1.52. The number of nitriles is 2. The fraction of sp³-hybridized carbons (Fsp3) is 0.478. The molecular weight excluding hydrogens is 350 g/mol. The molecular formula is C23H27N3O2. The average molecular weight is 377 g/mol. The van der Waals surface area contributed by atoms with Crippen molar-refractivity contribution in [3.63, 3.8) is 0 Å². The van der Waals surface area contributed by atoms with Gasteiger partial charge in [-0.05, 0) is 46.1 Å². The number of nitrogens with zero attached hydrogens (tertiary/aromatic N) is 3. The van der Waals surface area contributed by atoms with E-state index in [1.807, 2.05) is 64.1 Å². The number of nitro groups is 1. The molecule has 0 N–H and O–H groups in total. The van der Waals surface area contributed by atoms with Crippen molar-refractivity contribution in [2.45, 2.75) is 64.8 Å². The smallest absolute Gasteiger partial charge is 0.235 e. The van der Waals surface area contributed by atoms with Gasteiger partial charge in [0.25, 0.3) is 0 Å². The summed E-state index contributed by atoms with van der Waals surface area (Å²) in [4.78, 5) is 12.3. The van der Waals surface area contributed by atoms with Crippen LogP contribution in [0.15, 0.2) is 53.1 Å². The SMILES string of the molecule is CC(C)=CCC(C#N)(C#N)C(c1ccccc1)C1([N+](=O)[O-])CCC(C)=C(C)C1. The summed E-state index contributed by atoms with van der Waals surface area (Å²) in [6.07, 6.45) is 3.19. The molecule has 1 aromatic carbocycles. The van der Waals surface area contributed by atoms with Crippen LogP contribution in [0, 0.1) is 38.2 Å². The normalized spacial score (nSPS) is 20.6. The van der Waals surface area contributed by atoms with Crippen molar-refractivity contribution in [3.8, 4) is 12.1 Å². The van der Waals surface area contributed by atoms with Gasteiger partial charge in [0, 0.05) is 17.8 Å². The maximum absolute atomic E-state index is 12.5. The topological polar surface area (TPSA) is 90.7 Å². The summed E-state index contributed by atoms with van der Waals surface area (Å²) < 4.78 is 0. The number of allylic oxidation sites excluding steroid dienone is 3. The highest BCUT2D eigenvalue weighted by Crippen LogP contribution is 2.53.